The Kier molecular flexibility index (Phi) is 6.01. The lowest BCUT2D eigenvalue weighted by Crippen LogP contribution is -2.33. The third kappa shape index (κ3) is 4.24. The van der Waals surface area contributed by atoms with Crippen molar-refractivity contribution < 1.29 is 4.79 Å². The van der Waals surface area contributed by atoms with Crippen LogP contribution in [0.2, 0.25) is 0 Å². The standard InChI is InChI=1S/C24H32N2O/c1-16(2)19-11-8-12-20(17(3)4)24(19)25-23(27)15-26(5)22-14-13-18-9-6-7-10-21(18)22/h6-12,16-17,22H,13-15H2,1-5H3,(H,25,27)/t22-/m0/s1. The van der Waals surface area contributed by atoms with E-state index in [4.69, 9.17) is 0 Å². The van der Waals surface area contributed by atoms with E-state index in [1.807, 2.05) is 0 Å². The summed E-state index contributed by atoms with van der Waals surface area (Å²) >= 11 is 0. The quantitative estimate of drug-likeness (QED) is 0.735. The molecular weight excluding hydrogens is 332 g/mol. The molecule has 3 nitrogen and oxygen atoms in total. The smallest absolute Gasteiger partial charge is 0.238 e. The highest BCUT2D eigenvalue weighted by atomic mass is 16.2. The van der Waals surface area contributed by atoms with Gasteiger partial charge in [-0.15, -0.1) is 0 Å². The van der Waals surface area contributed by atoms with Gasteiger partial charge in [0.05, 0.1) is 6.54 Å². The van der Waals surface area contributed by atoms with Gasteiger partial charge in [0.15, 0.2) is 0 Å². The SMILES string of the molecule is CC(C)c1cccc(C(C)C)c1NC(=O)CN(C)[C@H]1CCc2ccccc21. The van der Waals surface area contributed by atoms with Crippen molar-refractivity contribution in [2.75, 3.05) is 18.9 Å². The third-order valence-corrected chi connectivity index (χ3v) is 5.66. The molecule has 0 fully saturated rings. The molecule has 1 N–H and O–H groups in total. The monoisotopic (exact) mass is 364 g/mol. The van der Waals surface area contributed by atoms with E-state index in [1.54, 1.807) is 0 Å². The highest BCUT2D eigenvalue weighted by Gasteiger charge is 2.27. The second-order valence-corrected chi connectivity index (χ2v) is 8.34. The van der Waals surface area contributed by atoms with Gasteiger partial charge >= 0.3 is 0 Å². The lowest BCUT2D eigenvalue weighted by Gasteiger charge is -2.26. The van der Waals surface area contributed by atoms with Crippen LogP contribution in [-0.2, 0) is 11.2 Å². The number of anilines is 1. The Morgan fingerprint density at radius 2 is 1.67 bits per heavy atom. The van der Waals surface area contributed by atoms with Crippen molar-refractivity contribution in [3.8, 4) is 0 Å². The molecule has 3 rings (SSSR count). The predicted molar refractivity (Wildman–Crippen MR) is 113 cm³/mol. The van der Waals surface area contributed by atoms with Gasteiger partial charge in [-0.25, -0.2) is 0 Å². The highest BCUT2D eigenvalue weighted by molar-refractivity contribution is 5.94. The molecule has 2 aromatic carbocycles. The summed E-state index contributed by atoms with van der Waals surface area (Å²) in [6.07, 6.45) is 2.18. The maximum absolute atomic E-state index is 12.9. The van der Waals surface area contributed by atoms with E-state index in [-0.39, 0.29) is 5.91 Å². The van der Waals surface area contributed by atoms with E-state index in [9.17, 15) is 4.79 Å². The molecule has 0 aliphatic heterocycles. The number of para-hydroxylation sites is 1. The Bertz CT molecular complexity index is 784. The molecule has 27 heavy (non-hydrogen) atoms. The molecule has 0 aromatic heterocycles. The van der Waals surface area contributed by atoms with Crippen LogP contribution in [0.15, 0.2) is 42.5 Å². The highest BCUT2D eigenvalue weighted by Crippen LogP contribution is 2.35. The first-order chi connectivity index (χ1) is 12.9. The van der Waals surface area contributed by atoms with Gasteiger partial charge in [-0.05, 0) is 54.0 Å². The van der Waals surface area contributed by atoms with Crippen molar-refractivity contribution in [2.45, 2.75) is 58.4 Å². The van der Waals surface area contributed by atoms with Crippen LogP contribution in [0.5, 0.6) is 0 Å². The normalized spacial score (nSPS) is 16.2. The maximum Gasteiger partial charge on any atom is 0.238 e. The van der Waals surface area contributed by atoms with E-state index >= 15 is 0 Å². The number of likely N-dealkylation sites (N-methyl/N-ethyl adjacent to an activating group) is 1. The van der Waals surface area contributed by atoms with Crippen molar-refractivity contribution in [2.24, 2.45) is 0 Å². The van der Waals surface area contributed by atoms with E-state index < -0.39 is 0 Å². The summed E-state index contributed by atoms with van der Waals surface area (Å²) in [6.45, 7) is 9.11. The van der Waals surface area contributed by atoms with E-state index in [0.29, 0.717) is 24.4 Å². The Labute approximate surface area is 163 Å². The van der Waals surface area contributed by atoms with Crippen LogP contribution in [0.25, 0.3) is 0 Å². The molecular formula is C24H32N2O. The maximum atomic E-state index is 12.9. The Morgan fingerprint density at radius 1 is 1.04 bits per heavy atom. The number of hydrogen-bond acceptors (Lipinski definition) is 2. The minimum Gasteiger partial charge on any atom is -0.324 e. The number of carbonyl (C=O) groups is 1. The lowest BCUT2D eigenvalue weighted by atomic mass is 9.92. The summed E-state index contributed by atoms with van der Waals surface area (Å²) in [5, 5.41) is 3.24. The van der Waals surface area contributed by atoms with E-state index in [1.165, 1.54) is 22.3 Å². The van der Waals surface area contributed by atoms with Gasteiger partial charge in [0, 0.05) is 11.7 Å². The van der Waals surface area contributed by atoms with Crippen molar-refractivity contribution in [3.63, 3.8) is 0 Å². The fourth-order valence-electron chi connectivity index (χ4n) is 4.20. The Hall–Kier alpha value is -2.13. The van der Waals surface area contributed by atoms with Gasteiger partial charge in [-0.1, -0.05) is 70.2 Å². The first-order valence-corrected chi connectivity index (χ1v) is 10.1. The zero-order valence-corrected chi connectivity index (χ0v) is 17.3. The van der Waals surface area contributed by atoms with Crippen LogP contribution in [-0.4, -0.2) is 24.4 Å². The Balaban J connectivity index is 1.75. The average Bonchev–Trinajstić information content (AvgIpc) is 3.05. The summed E-state index contributed by atoms with van der Waals surface area (Å²) in [4.78, 5) is 15.1. The average molecular weight is 365 g/mol. The van der Waals surface area contributed by atoms with Crippen LogP contribution in [0, 0.1) is 0 Å². The molecule has 0 spiro atoms. The van der Waals surface area contributed by atoms with Gasteiger partial charge < -0.3 is 5.32 Å². The molecule has 0 heterocycles. The first kappa shape index (κ1) is 19.6. The largest absolute Gasteiger partial charge is 0.324 e. The number of nitrogens with zero attached hydrogens (tertiary/aromatic N) is 1. The van der Waals surface area contributed by atoms with Crippen LogP contribution in [0.4, 0.5) is 5.69 Å². The minimum atomic E-state index is 0.0666. The first-order valence-electron chi connectivity index (χ1n) is 10.1. The topological polar surface area (TPSA) is 32.3 Å². The molecule has 1 aliphatic carbocycles. The van der Waals surface area contributed by atoms with Crippen molar-refractivity contribution in [1.29, 1.82) is 0 Å². The zero-order chi connectivity index (χ0) is 19.6. The van der Waals surface area contributed by atoms with Gasteiger partial charge in [0.25, 0.3) is 0 Å². The van der Waals surface area contributed by atoms with Gasteiger partial charge in [-0.3, -0.25) is 9.69 Å². The number of aryl methyl sites for hydroxylation is 1. The summed E-state index contributed by atoms with van der Waals surface area (Å²) in [6, 6.07) is 15.3. The summed E-state index contributed by atoms with van der Waals surface area (Å²) in [7, 11) is 2.06. The summed E-state index contributed by atoms with van der Waals surface area (Å²) in [5.41, 5.74) is 6.22. The number of nitrogens with one attached hydrogen (secondary N) is 1. The van der Waals surface area contributed by atoms with Gasteiger partial charge in [0.1, 0.15) is 0 Å². The Morgan fingerprint density at radius 3 is 2.30 bits per heavy atom. The molecule has 0 bridgehead atoms. The third-order valence-electron chi connectivity index (χ3n) is 5.66. The molecule has 1 aliphatic rings. The summed E-state index contributed by atoms with van der Waals surface area (Å²) < 4.78 is 0. The number of fused-ring (bicyclic) bond motifs is 1. The second kappa shape index (κ2) is 8.26. The van der Waals surface area contributed by atoms with Crippen LogP contribution in [0.3, 0.4) is 0 Å². The molecule has 3 heteroatoms. The molecule has 1 amide bonds. The fourth-order valence-corrected chi connectivity index (χ4v) is 4.20. The van der Waals surface area contributed by atoms with E-state index in [0.717, 1.165) is 18.5 Å². The fraction of sp³-hybridized carbons (Fsp3) is 0.458. The molecule has 1 atom stereocenters. The number of carbonyl (C=O) groups excluding carboxylic acids is 1. The minimum absolute atomic E-state index is 0.0666. The number of amides is 1. The van der Waals surface area contributed by atoms with Gasteiger partial charge in [0.2, 0.25) is 5.91 Å². The van der Waals surface area contributed by atoms with Crippen molar-refractivity contribution in [3.05, 3.63) is 64.7 Å². The zero-order valence-electron chi connectivity index (χ0n) is 17.3. The molecule has 0 saturated carbocycles. The molecule has 144 valence electrons. The van der Waals surface area contributed by atoms with E-state index in [2.05, 4.69) is 87.4 Å². The number of rotatable bonds is 6. The molecule has 0 saturated heterocycles. The molecule has 0 unspecified atom stereocenters. The van der Waals surface area contributed by atoms with Crippen LogP contribution >= 0.6 is 0 Å². The number of hydrogen-bond donors (Lipinski definition) is 1. The van der Waals surface area contributed by atoms with Crippen molar-refractivity contribution >= 4 is 11.6 Å². The van der Waals surface area contributed by atoms with Crippen LogP contribution < -0.4 is 5.32 Å². The van der Waals surface area contributed by atoms with Crippen LogP contribution in [0.1, 0.15) is 74.2 Å². The second-order valence-electron chi connectivity index (χ2n) is 8.34. The van der Waals surface area contributed by atoms with Gasteiger partial charge in [-0.2, -0.15) is 0 Å². The lowest BCUT2D eigenvalue weighted by molar-refractivity contribution is -0.117. The molecule has 0 radical (unpaired) electrons. The number of benzene rings is 2. The summed E-state index contributed by atoms with van der Waals surface area (Å²) in [5.74, 6) is 0.814. The molecule has 2 aromatic rings. The predicted octanol–water partition coefficient (Wildman–Crippen LogP) is 5.49. The van der Waals surface area contributed by atoms with Crippen molar-refractivity contribution in [1.82, 2.24) is 4.90 Å².